The largest absolute Gasteiger partial charge is 0.508 e. The third-order valence-corrected chi connectivity index (χ3v) is 8.82. The number of hydrogen-bond acceptors (Lipinski definition) is 9. The van der Waals surface area contributed by atoms with Crippen molar-refractivity contribution in [2.24, 2.45) is 17.6 Å². The highest BCUT2D eigenvalue weighted by molar-refractivity contribution is 6.24. The van der Waals surface area contributed by atoms with Crippen LogP contribution in [0.25, 0.3) is 16.5 Å². The van der Waals surface area contributed by atoms with Crippen LogP contribution in [0.3, 0.4) is 0 Å². The van der Waals surface area contributed by atoms with E-state index in [1.54, 1.807) is 20.2 Å². The highest BCUT2D eigenvalue weighted by atomic mass is 16.3. The van der Waals surface area contributed by atoms with Gasteiger partial charge in [0.15, 0.2) is 11.4 Å². The molecule has 0 spiro atoms. The molecule has 4 atom stereocenters. The molecular formula is C29H31N3O7. The minimum Gasteiger partial charge on any atom is -0.508 e. The Bertz CT molecular complexity index is 1540. The molecule has 10 heteroatoms. The number of ketones is 2. The lowest BCUT2D eigenvalue weighted by Gasteiger charge is -2.50. The minimum atomic E-state index is -2.64. The number of rotatable bonds is 5. The van der Waals surface area contributed by atoms with Crippen molar-refractivity contribution in [2.45, 2.75) is 49.9 Å². The van der Waals surface area contributed by atoms with Crippen molar-refractivity contribution in [1.82, 2.24) is 10.2 Å². The van der Waals surface area contributed by atoms with E-state index in [4.69, 9.17) is 5.73 Å². The average molecular weight is 534 g/mol. The zero-order valence-electron chi connectivity index (χ0n) is 21.7. The lowest BCUT2D eigenvalue weighted by Crippen LogP contribution is -2.65. The van der Waals surface area contributed by atoms with E-state index >= 15 is 0 Å². The molecule has 2 aromatic carbocycles. The van der Waals surface area contributed by atoms with Crippen LogP contribution in [0, 0.1) is 11.8 Å². The first-order valence-electron chi connectivity index (χ1n) is 13.1. The summed E-state index contributed by atoms with van der Waals surface area (Å²) in [5.74, 6) is -6.47. The summed E-state index contributed by atoms with van der Waals surface area (Å²) in [4.78, 5) is 40.7. The zero-order valence-corrected chi connectivity index (χ0v) is 21.7. The van der Waals surface area contributed by atoms with Crippen molar-refractivity contribution < 1.29 is 34.8 Å². The van der Waals surface area contributed by atoms with Crippen LogP contribution in [0.1, 0.15) is 36.0 Å². The number of hydrogen-bond donors (Lipinski definition) is 6. The van der Waals surface area contributed by atoms with E-state index in [0.29, 0.717) is 23.5 Å². The number of nitrogens with one attached hydrogen (secondary N) is 1. The van der Waals surface area contributed by atoms with Crippen LogP contribution in [0.4, 0.5) is 0 Å². The van der Waals surface area contributed by atoms with Crippen LogP contribution in [-0.2, 0) is 27.3 Å². The average Bonchev–Trinajstić information content (AvgIpc) is 3.69. The quantitative estimate of drug-likeness (QED) is 0.310. The van der Waals surface area contributed by atoms with Crippen LogP contribution in [0.5, 0.6) is 5.75 Å². The molecule has 2 saturated carbocycles. The highest BCUT2D eigenvalue weighted by Gasteiger charge is 2.64. The Kier molecular flexibility index (Phi) is 5.66. The Morgan fingerprint density at radius 3 is 2.51 bits per heavy atom. The van der Waals surface area contributed by atoms with Gasteiger partial charge in [0, 0.05) is 29.5 Å². The second kappa shape index (κ2) is 8.64. The van der Waals surface area contributed by atoms with Gasteiger partial charge in [-0.1, -0.05) is 18.2 Å². The second-order valence-corrected chi connectivity index (χ2v) is 11.4. The fraction of sp³-hybridized carbons (Fsp3) is 0.414. The number of carbonyl (C=O) groups is 3. The molecule has 0 aromatic heterocycles. The number of nitrogens with two attached hydrogens (primary N) is 1. The predicted molar refractivity (Wildman–Crippen MR) is 142 cm³/mol. The summed E-state index contributed by atoms with van der Waals surface area (Å²) in [6.45, 7) is 0.630. The molecule has 7 N–H and O–H groups in total. The molecule has 0 radical (unpaired) electrons. The van der Waals surface area contributed by atoms with Gasteiger partial charge in [-0.15, -0.1) is 0 Å². The Hall–Kier alpha value is -3.73. The van der Waals surface area contributed by atoms with Gasteiger partial charge in [-0.2, -0.15) is 0 Å². The van der Waals surface area contributed by atoms with Crippen molar-refractivity contribution in [1.29, 1.82) is 0 Å². The van der Waals surface area contributed by atoms with Crippen molar-refractivity contribution in [2.75, 3.05) is 14.1 Å². The Balaban J connectivity index is 1.52. The minimum absolute atomic E-state index is 0.0649. The maximum atomic E-state index is 13.9. The number of nitrogens with zero attached hydrogens (tertiary/aromatic N) is 1. The summed E-state index contributed by atoms with van der Waals surface area (Å²) in [6.07, 6.45) is 2.61. The maximum absolute atomic E-state index is 13.9. The Morgan fingerprint density at radius 2 is 1.87 bits per heavy atom. The SMILES string of the molecule is CN(C)[C@@H]1C(=O)C(C(N)=O)=C(O)[C@@]2(O)C(=O)C3=C(O)c4c(cc5c(CNC6CC6)cccc5c4O)C[C@H]3C[C@@H]12. The highest BCUT2D eigenvalue weighted by Crippen LogP contribution is 2.53. The lowest BCUT2D eigenvalue weighted by molar-refractivity contribution is -0.153. The van der Waals surface area contributed by atoms with E-state index in [1.807, 2.05) is 18.2 Å². The van der Waals surface area contributed by atoms with Crippen molar-refractivity contribution in [3.05, 3.63) is 57.9 Å². The van der Waals surface area contributed by atoms with Crippen LogP contribution in [0.15, 0.2) is 41.2 Å². The third-order valence-electron chi connectivity index (χ3n) is 8.82. The van der Waals surface area contributed by atoms with E-state index in [9.17, 15) is 34.8 Å². The number of phenols is 1. The normalized spacial score (nSPS) is 28.6. The summed E-state index contributed by atoms with van der Waals surface area (Å²) < 4.78 is 0. The molecule has 0 bridgehead atoms. The molecule has 4 aliphatic carbocycles. The number of aliphatic hydroxyl groups excluding tert-OH is 2. The molecule has 39 heavy (non-hydrogen) atoms. The summed E-state index contributed by atoms with van der Waals surface area (Å²) >= 11 is 0. The second-order valence-electron chi connectivity index (χ2n) is 11.4. The molecule has 0 saturated heterocycles. The number of amides is 1. The van der Waals surface area contributed by atoms with Gasteiger partial charge in [-0.25, -0.2) is 0 Å². The molecule has 1 amide bonds. The Labute approximate surface area is 224 Å². The number of benzene rings is 2. The number of Topliss-reactive ketones (excluding diaryl/α,β-unsaturated/α-hetero) is 2. The van der Waals surface area contributed by atoms with Gasteiger partial charge < -0.3 is 31.5 Å². The predicted octanol–water partition coefficient (Wildman–Crippen LogP) is 1.37. The zero-order chi connectivity index (χ0) is 28.0. The topological polar surface area (TPSA) is 173 Å². The Morgan fingerprint density at radius 1 is 1.15 bits per heavy atom. The molecule has 2 aromatic rings. The fourth-order valence-electron chi connectivity index (χ4n) is 6.80. The van der Waals surface area contributed by atoms with Crippen LogP contribution >= 0.6 is 0 Å². The molecular weight excluding hydrogens is 502 g/mol. The molecule has 4 aliphatic rings. The molecule has 2 fully saturated rings. The first-order valence-corrected chi connectivity index (χ1v) is 13.1. The van der Waals surface area contributed by atoms with Gasteiger partial charge in [0.25, 0.3) is 5.91 Å². The van der Waals surface area contributed by atoms with Crippen LogP contribution in [0.2, 0.25) is 0 Å². The van der Waals surface area contributed by atoms with Crippen molar-refractivity contribution in [3.63, 3.8) is 0 Å². The van der Waals surface area contributed by atoms with Gasteiger partial charge in [-0.05, 0) is 68.3 Å². The monoisotopic (exact) mass is 533 g/mol. The van der Waals surface area contributed by atoms with Crippen molar-refractivity contribution in [3.8, 4) is 5.75 Å². The number of aliphatic hydroxyl groups is 3. The van der Waals surface area contributed by atoms with E-state index in [2.05, 4.69) is 5.32 Å². The molecule has 0 unspecified atom stereocenters. The molecule has 10 nitrogen and oxygen atoms in total. The summed E-state index contributed by atoms with van der Waals surface area (Å²) in [6, 6.07) is 6.86. The first-order chi connectivity index (χ1) is 18.5. The molecule has 0 aliphatic heterocycles. The summed E-state index contributed by atoms with van der Waals surface area (Å²) in [7, 11) is 3.16. The summed E-state index contributed by atoms with van der Waals surface area (Å²) in [5.41, 5.74) is 3.50. The third kappa shape index (κ3) is 3.55. The number of primary amides is 1. The lowest BCUT2D eigenvalue weighted by atomic mass is 9.57. The smallest absolute Gasteiger partial charge is 0.255 e. The first kappa shape index (κ1) is 25.5. The van der Waals surface area contributed by atoms with Gasteiger partial charge in [-0.3, -0.25) is 19.3 Å². The number of aromatic hydroxyl groups is 1. The van der Waals surface area contributed by atoms with E-state index in [1.165, 1.54) is 4.90 Å². The number of likely N-dealkylation sites (N-methyl/N-ethyl adjacent to an activating group) is 1. The van der Waals surface area contributed by atoms with Crippen LogP contribution in [-0.4, -0.2) is 74.6 Å². The van der Waals surface area contributed by atoms with Crippen molar-refractivity contribution >= 4 is 34.0 Å². The van der Waals surface area contributed by atoms with Gasteiger partial charge in [0.2, 0.25) is 5.78 Å². The summed E-state index contributed by atoms with van der Waals surface area (Å²) in [5, 5.41) is 50.2. The van der Waals surface area contributed by atoms with Crippen LogP contribution < -0.4 is 11.1 Å². The molecule has 6 rings (SSSR count). The number of fused-ring (bicyclic) bond motifs is 4. The van der Waals surface area contributed by atoms with Gasteiger partial charge in [0.1, 0.15) is 22.8 Å². The standard InChI is InChI=1S/C29H31N3O7/c1-32(2)22-18-10-14-8-13-9-17-12(11-31-15-6-7-15)4-3-5-16(17)23(33)19(13)24(34)20(14)26(36)29(18,39)27(37)21(25(22)35)28(30)38/h3-5,9,14-15,18,22,31,33-34,37,39H,6-8,10-11H2,1-2H3,(H2,30,38)/t14-,18-,22-,29-/m0/s1. The molecule has 204 valence electrons. The number of phenolic OH excluding ortho intramolecular Hbond substituents is 1. The van der Waals surface area contributed by atoms with E-state index in [0.717, 1.165) is 23.8 Å². The van der Waals surface area contributed by atoms with E-state index < -0.39 is 58.0 Å². The number of carbonyl (C=O) groups excluding carboxylic acids is 3. The van der Waals surface area contributed by atoms with Gasteiger partial charge in [0.05, 0.1) is 11.6 Å². The van der Waals surface area contributed by atoms with Gasteiger partial charge >= 0.3 is 0 Å². The maximum Gasteiger partial charge on any atom is 0.255 e. The molecule has 0 heterocycles. The fourth-order valence-corrected chi connectivity index (χ4v) is 6.80. The van der Waals surface area contributed by atoms with E-state index in [-0.39, 0.29) is 29.7 Å².